The summed E-state index contributed by atoms with van der Waals surface area (Å²) < 4.78 is 0. The third-order valence-electron chi connectivity index (χ3n) is 2.09. The van der Waals surface area contributed by atoms with E-state index in [1.165, 1.54) is 12.5 Å². The summed E-state index contributed by atoms with van der Waals surface area (Å²) >= 11 is 1.81. The van der Waals surface area contributed by atoms with Gasteiger partial charge in [-0.05, 0) is 29.9 Å². The monoisotopic (exact) mass is 248 g/mol. The summed E-state index contributed by atoms with van der Waals surface area (Å²) in [4.78, 5) is 10.9. The number of anilines is 1. The van der Waals surface area contributed by atoms with Gasteiger partial charge in [0.05, 0.1) is 6.07 Å². The first-order valence-corrected chi connectivity index (χ1v) is 6.69. The predicted molar refractivity (Wildman–Crippen MR) is 71.8 cm³/mol. The zero-order chi connectivity index (χ0) is 12.5. The molecule has 0 aliphatic heterocycles. The summed E-state index contributed by atoms with van der Waals surface area (Å²) in [6.45, 7) is 1.50. The first kappa shape index (κ1) is 13.6. The molecule has 0 spiro atoms. The number of benzene rings is 1. The Morgan fingerprint density at radius 2 is 2.35 bits per heavy atom. The Labute approximate surface area is 106 Å². The lowest BCUT2D eigenvalue weighted by atomic mass is 10.2. The quantitative estimate of drug-likeness (QED) is 0.787. The fraction of sp³-hybridized carbons (Fsp3) is 0.385. The maximum atomic E-state index is 10.9. The molecule has 0 radical (unpaired) electrons. The molecule has 1 N–H and O–H groups in total. The van der Waals surface area contributed by atoms with Crippen molar-refractivity contribution in [3.05, 3.63) is 29.8 Å². The van der Waals surface area contributed by atoms with Crippen LogP contribution in [0.25, 0.3) is 0 Å². The van der Waals surface area contributed by atoms with Crippen LogP contribution in [0.5, 0.6) is 0 Å². The molecule has 1 rings (SSSR count). The summed E-state index contributed by atoms with van der Waals surface area (Å²) in [6, 6.07) is 9.99. The molecule has 0 heterocycles. The number of nitrogens with one attached hydrogen (secondary N) is 1. The first-order chi connectivity index (χ1) is 8.22. The van der Waals surface area contributed by atoms with E-state index in [2.05, 4.69) is 11.4 Å². The molecule has 1 amide bonds. The van der Waals surface area contributed by atoms with E-state index < -0.39 is 0 Å². The zero-order valence-corrected chi connectivity index (χ0v) is 10.7. The van der Waals surface area contributed by atoms with Crippen LogP contribution in [-0.2, 0) is 10.5 Å². The Kier molecular flexibility index (Phi) is 6.19. The topological polar surface area (TPSA) is 52.9 Å². The van der Waals surface area contributed by atoms with Gasteiger partial charge in [-0.25, -0.2) is 0 Å². The Bertz CT molecular complexity index is 412. The van der Waals surface area contributed by atoms with Crippen LogP contribution in [0.2, 0.25) is 0 Å². The highest BCUT2D eigenvalue weighted by Gasteiger charge is 1.98. The summed E-state index contributed by atoms with van der Waals surface area (Å²) in [6.07, 6.45) is 1.56. The van der Waals surface area contributed by atoms with Crippen LogP contribution in [0, 0.1) is 11.3 Å². The van der Waals surface area contributed by atoms with Crippen LogP contribution in [0.1, 0.15) is 25.3 Å². The molecule has 0 bridgehead atoms. The van der Waals surface area contributed by atoms with Crippen LogP contribution in [0.3, 0.4) is 0 Å². The van der Waals surface area contributed by atoms with Crippen molar-refractivity contribution in [1.29, 1.82) is 5.26 Å². The summed E-state index contributed by atoms with van der Waals surface area (Å²) in [5.74, 6) is 1.86. The van der Waals surface area contributed by atoms with Crippen LogP contribution in [0.4, 0.5) is 5.69 Å². The number of hydrogen-bond acceptors (Lipinski definition) is 3. The van der Waals surface area contributed by atoms with Crippen LogP contribution < -0.4 is 5.32 Å². The fourth-order valence-corrected chi connectivity index (χ4v) is 2.29. The van der Waals surface area contributed by atoms with Crippen molar-refractivity contribution in [3.8, 4) is 6.07 Å². The lowest BCUT2D eigenvalue weighted by Gasteiger charge is -2.05. The number of rotatable bonds is 6. The van der Waals surface area contributed by atoms with Gasteiger partial charge in [-0.2, -0.15) is 17.0 Å². The molecule has 0 aromatic heterocycles. The van der Waals surface area contributed by atoms with Crippen LogP contribution in [0.15, 0.2) is 24.3 Å². The number of carbonyl (C=O) groups excluding carboxylic acids is 1. The van der Waals surface area contributed by atoms with Crippen molar-refractivity contribution < 1.29 is 4.79 Å². The van der Waals surface area contributed by atoms with E-state index in [4.69, 9.17) is 5.26 Å². The minimum Gasteiger partial charge on any atom is -0.326 e. The molecule has 0 fully saturated rings. The molecule has 0 aliphatic rings. The third kappa shape index (κ3) is 5.98. The number of nitrogens with zero attached hydrogens (tertiary/aromatic N) is 1. The van der Waals surface area contributed by atoms with Gasteiger partial charge >= 0.3 is 0 Å². The van der Waals surface area contributed by atoms with Gasteiger partial charge < -0.3 is 5.32 Å². The minimum absolute atomic E-state index is 0.0520. The van der Waals surface area contributed by atoms with Gasteiger partial charge in [0.15, 0.2) is 0 Å². The summed E-state index contributed by atoms with van der Waals surface area (Å²) in [5.41, 5.74) is 2.03. The molecule has 3 nitrogen and oxygen atoms in total. The Hall–Kier alpha value is -1.47. The first-order valence-electron chi connectivity index (χ1n) is 5.53. The molecule has 4 heteroatoms. The second kappa shape index (κ2) is 7.75. The van der Waals surface area contributed by atoms with Crippen molar-refractivity contribution in [1.82, 2.24) is 0 Å². The predicted octanol–water partition coefficient (Wildman–Crippen LogP) is 3.18. The molecule has 0 atom stereocenters. The van der Waals surface area contributed by atoms with Gasteiger partial charge in [0.25, 0.3) is 0 Å². The van der Waals surface area contributed by atoms with Crippen LogP contribution in [-0.4, -0.2) is 11.7 Å². The molecule has 0 saturated heterocycles. The molecule has 1 aromatic rings. The number of thioether (sulfide) groups is 1. The van der Waals surface area contributed by atoms with Crippen molar-refractivity contribution in [2.45, 2.75) is 25.5 Å². The van der Waals surface area contributed by atoms with E-state index >= 15 is 0 Å². The average molecular weight is 248 g/mol. The zero-order valence-electron chi connectivity index (χ0n) is 9.90. The van der Waals surface area contributed by atoms with Gasteiger partial charge in [0.1, 0.15) is 0 Å². The largest absolute Gasteiger partial charge is 0.326 e. The number of amides is 1. The Morgan fingerprint density at radius 3 is 3.06 bits per heavy atom. The van der Waals surface area contributed by atoms with E-state index in [9.17, 15) is 4.79 Å². The van der Waals surface area contributed by atoms with Gasteiger partial charge in [0, 0.05) is 24.8 Å². The van der Waals surface area contributed by atoms with Crippen molar-refractivity contribution in [2.75, 3.05) is 11.1 Å². The van der Waals surface area contributed by atoms with Gasteiger partial charge in [-0.3, -0.25) is 4.79 Å². The number of unbranched alkanes of at least 4 members (excludes halogenated alkanes) is 1. The number of hydrogen-bond donors (Lipinski definition) is 1. The van der Waals surface area contributed by atoms with Crippen molar-refractivity contribution >= 4 is 23.4 Å². The van der Waals surface area contributed by atoms with Gasteiger partial charge in [0.2, 0.25) is 5.91 Å². The van der Waals surface area contributed by atoms with Crippen LogP contribution >= 0.6 is 11.8 Å². The summed E-state index contributed by atoms with van der Waals surface area (Å²) in [5, 5.41) is 11.2. The molecule has 0 unspecified atom stereocenters. The maximum absolute atomic E-state index is 10.9. The molecule has 90 valence electrons. The number of nitriles is 1. The second-order valence-electron chi connectivity index (χ2n) is 3.70. The highest BCUT2D eigenvalue weighted by Crippen LogP contribution is 2.17. The molecule has 1 aromatic carbocycles. The average Bonchev–Trinajstić information content (AvgIpc) is 2.28. The molecule has 17 heavy (non-hydrogen) atoms. The lowest BCUT2D eigenvalue weighted by molar-refractivity contribution is -0.114. The summed E-state index contributed by atoms with van der Waals surface area (Å²) in [7, 11) is 0. The molecular weight excluding hydrogens is 232 g/mol. The maximum Gasteiger partial charge on any atom is 0.221 e. The number of carbonyl (C=O) groups is 1. The third-order valence-corrected chi connectivity index (χ3v) is 3.21. The highest BCUT2D eigenvalue weighted by atomic mass is 32.2. The van der Waals surface area contributed by atoms with Crippen molar-refractivity contribution in [2.24, 2.45) is 0 Å². The molecular formula is C13H16N2OS. The lowest BCUT2D eigenvalue weighted by Crippen LogP contribution is -2.05. The van der Waals surface area contributed by atoms with E-state index in [-0.39, 0.29) is 5.91 Å². The van der Waals surface area contributed by atoms with Gasteiger partial charge in [-0.15, -0.1) is 0 Å². The molecule has 0 aliphatic carbocycles. The van der Waals surface area contributed by atoms with E-state index in [0.717, 1.165) is 23.6 Å². The smallest absolute Gasteiger partial charge is 0.221 e. The van der Waals surface area contributed by atoms with E-state index in [1.807, 2.05) is 36.0 Å². The Morgan fingerprint density at radius 1 is 1.53 bits per heavy atom. The standard InChI is InChI=1S/C13H16N2OS/c1-11(16)15-13-6-4-5-12(9-13)10-17-8-3-2-7-14/h4-6,9H,2-3,8,10H2,1H3,(H,15,16). The molecule has 0 saturated carbocycles. The van der Waals surface area contributed by atoms with Crippen molar-refractivity contribution in [3.63, 3.8) is 0 Å². The normalized spacial score (nSPS) is 9.65. The fourth-order valence-electron chi connectivity index (χ4n) is 1.39. The second-order valence-corrected chi connectivity index (χ2v) is 4.80. The van der Waals surface area contributed by atoms with E-state index in [1.54, 1.807) is 0 Å². The highest BCUT2D eigenvalue weighted by molar-refractivity contribution is 7.98. The SMILES string of the molecule is CC(=O)Nc1cccc(CSCCCC#N)c1. The Balaban J connectivity index is 2.38. The van der Waals surface area contributed by atoms with Gasteiger partial charge in [-0.1, -0.05) is 12.1 Å². The van der Waals surface area contributed by atoms with E-state index in [0.29, 0.717) is 6.42 Å². The minimum atomic E-state index is -0.0520.